The number of ether oxygens (including phenoxy) is 1. The van der Waals surface area contributed by atoms with Crippen LogP contribution in [-0.2, 0) is 11.3 Å². The van der Waals surface area contributed by atoms with Crippen molar-refractivity contribution in [1.82, 2.24) is 5.32 Å². The molecule has 0 aliphatic carbocycles. The van der Waals surface area contributed by atoms with E-state index in [1.54, 1.807) is 30.4 Å². The van der Waals surface area contributed by atoms with Gasteiger partial charge in [-0.15, -0.1) is 11.3 Å². The minimum Gasteiger partial charge on any atom is -0.479 e. The van der Waals surface area contributed by atoms with E-state index in [0.29, 0.717) is 17.3 Å². The second-order valence-corrected chi connectivity index (χ2v) is 5.43. The van der Waals surface area contributed by atoms with Crippen molar-refractivity contribution in [3.05, 3.63) is 51.7 Å². The lowest BCUT2D eigenvalue weighted by atomic mass is 10.3. The van der Waals surface area contributed by atoms with Crippen LogP contribution in [0, 0.1) is 0 Å². The monoisotopic (exact) mass is 295 g/mol. The molecular weight excluding hydrogens is 282 g/mol. The van der Waals surface area contributed by atoms with Crippen LogP contribution < -0.4 is 10.1 Å². The smallest absolute Gasteiger partial charge is 0.261 e. The van der Waals surface area contributed by atoms with Crippen molar-refractivity contribution in [1.29, 1.82) is 0 Å². The first kappa shape index (κ1) is 13.9. The Balaban J connectivity index is 1.87. The Bertz CT molecular complexity index is 542. The Kier molecular flexibility index (Phi) is 4.82. The van der Waals surface area contributed by atoms with Crippen LogP contribution in [-0.4, -0.2) is 12.0 Å². The molecule has 0 aliphatic heterocycles. The number of carbonyl (C=O) groups is 1. The fraction of sp³-hybridized carbons (Fsp3) is 0.214. The van der Waals surface area contributed by atoms with Crippen LogP contribution in [0.25, 0.3) is 0 Å². The zero-order valence-electron chi connectivity index (χ0n) is 10.4. The van der Waals surface area contributed by atoms with Crippen molar-refractivity contribution in [2.75, 3.05) is 0 Å². The van der Waals surface area contributed by atoms with Crippen molar-refractivity contribution >= 4 is 28.8 Å². The summed E-state index contributed by atoms with van der Waals surface area (Å²) in [4.78, 5) is 13.0. The first-order valence-corrected chi connectivity index (χ1v) is 7.14. The van der Waals surface area contributed by atoms with E-state index in [0.717, 1.165) is 4.88 Å². The van der Waals surface area contributed by atoms with E-state index < -0.39 is 6.10 Å². The van der Waals surface area contributed by atoms with Gasteiger partial charge < -0.3 is 10.1 Å². The SMILES string of the molecule is CC(Oc1ccccc1Cl)C(=O)NCc1cccs1. The van der Waals surface area contributed by atoms with Gasteiger partial charge in [0.2, 0.25) is 0 Å². The van der Waals surface area contributed by atoms with E-state index in [1.807, 2.05) is 29.6 Å². The van der Waals surface area contributed by atoms with E-state index in [4.69, 9.17) is 16.3 Å². The minimum absolute atomic E-state index is 0.159. The molecule has 5 heteroatoms. The average Bonchev–Trinajstić information content (AvgIpc) is 2.91. The van der Waals surface area contributed by atoms with E-state index in [2.05, 4.69) is 5.32 Å². The maximum Gasteiger partial charge on any atom is 0.261 e. The third-order valence-corrected chi connectivity index (χ3v) is 3.72. The molecule has 1 N–H and O–H groups in total. The lowest BCUT2D eigenvalue weighted by Gasteiger charge is -2.15. The van der Waals surface area contributed by atoms with Gasteiger partial charge in [-0.05, 0) is 30.5 Å². The first-order chi connectivity index (χ1) is 9.16. The number of hydrogen-bond acceptors (Lipinski definition) is 3. The fourth-order valence-corrected chi connectivity index (χ4v) is 2.34. The summed E-state index contributed by atoms with van der Waals surface area (Å²) in [6.45, 7) is 2.22. The number of halogens is 1. The Labute approximate surface area is 121 Å². The predicted octanol–water partition coefficient (Wildman–Crippen LogP) is 3.49. The number of amides is 1. The predicted molar refractivity (Wildman–Crippen MR) is 77.7 cm³/mol. The summed E-state index contributed by atoms with van der Waals surface area (Å²) in [6.07, 6.45) is -0.583. The summed E-state index contributed by atoms with van der Waals surface area (Å²) < 4.78 is 5.54. The summed E-state index contributed by atoms with van der Waals surface area (Å²) in [5.74, 6) is 0.358. The maximum absolute atomic E-state index is 11.9. The highest BCUT2D eigenvalue weighted by Gasteiger charge is 2.15. The third kappa shape index (κ3) is 3.98. The van der Waals surface area contributed by atoms with Crippen molar-refractivity contribution in [3.63, 3.8) is 0 Å². The van der Waals surface area contributed by atoms with Gasteiger partial charge in [-0.1, -0.05) is 29.8 Å². The Morgan fingerprint density at radius 1 is 1.37 bits per heavy atom. The molecule has 100 valence electrons. The fourth-order valence-electron chi connectivity index (χ4n) is 1.52. The standard InChI is InChI=1S/C14H14ClNO2S/c1-10(18-13-7-3-2-6-12(13)15)14(17)16-9-11-5-4-8-19-11/h2-8,10H,9H2,1H3,(H,16,17). The number of rotatable bonds is 5. The number of hydrogen-bond donors (Lipinski definition) is 1. The Hall–Kier alpha value is -1.52. The van der Waals surface area contributed by atoms with Crippen LogP contribution >= 0.6 is 22.9 Å². The second kappa shape index (κ2) is 6.59. The highest BCUT2D eigenvalue weighted by atomic mass is 35.5. The van der Waals surface area contributed by atoms with E-state index >= 15 is 0 Å². The summed E-state index contributed by atoms with van der Waals surface area (Å²) >= 11 is 7.58. The van der Waals surface area contributed by atoms with Crippen molar-refractivity contribution in [2.45, 2.75) is 19.6 Å². The van der Waals surface area contributed by atoms with Gasteiger partial charge in [0, 0.05) is 4.88 Å². The van der Waals surface area contributed by atoms with Gasteiger partial charge in [0.25, 0.3) is 5.91 Å². The molecule has 0 spiro atoms. The number of thiophene rings is 1. The summed E-state index contributed by atoms with van der Waals surface area (Å²) in [7, 11) is 0. The highest BCUT2D eigenvalue weighted by molar-refractivity contribution is 7.09. The lowest BCUT2D eigenvalue weighted by molar-refractivity contribution is -0.127. The summed E-state index contributed by atoms with van der Waals surface area (Å²) in [6, 6.07) is 11.0. The Morgan fingerprint density at radius 2 is 2.16 bits per heavy atom. The second-order valence-electron chi connectivity index (χ2n) is 3.99. The van der Waals surface area contributed by atoms with Gasteiger partial charge in [0.05, 0.1) is 11.6 Å². The third-order valence-electron chi connectivity index (χ3n) is 2.53. The number of carbonyl (C=O) groups excluding carboxylic acids is 1. The van der Waals surface area contributed by atoms with Crippen LogP contribution in [0.4, 0.5) is 0 Å². The van der Waals surface area contributed by atoms with Crippen LogP contribution in [0.15, 0.2) is 41.8 Å². The molecule has 1 atom stereocenters. The molecule has 0 saturated heterocycles. The average molecular weight is 296 g/mol. The lowest BCUT2D eigenvalue weighted by Crippen LogP contribution is -2.35. The summed E-state index contributed by atoms with van der Waals surface area (Å²) in [5, 5.41) is 5.31. The maximum atomic E-state index is 11.9. The Morgan fingerprint density at radius 3 is 2.84 bits per heavy atom. The van der Waals surface area contributed by atoms with Gasteiger partial charge >= 0.3 is 0 Å². The molecule has 0 fully saturated rings. The zero-order valence-corrected chi connectivity index (χ0v) is 12.0. The number of benzene rings is 1. The molecule has 1 heterocycles. The molecule has 0 aliphatic rings. The molecule has 1 aromatic heterocycles. The molecular formula is C14H14ClNO2S. The molecule has 0 saturated carbocycles. The van der Waals surface area contributed by atoms with Crippen LogP contribution in [0.5, 0.6) is 5.75 Å². The topological polar surface area (TPSA) is 38.3 Å². The summed E-state index contributed by atoms with van der Waals surface area (Å²) in [5.41, 5.74) is 0. The molecule has 19 heavy (non-hydrogen) atoms. The number of nitrogens with one attached hydrogen (secondary N) is 1. The van der Waals surface area contributed by atoms with Gasteiger partial charge in [-0.25, -0.2) is 0 Å². The minimum atomic E-state index is -0.583. The molecule has 2 aromatic rings. The van der Waals surface area contributed by atoms with E-state index in [-0.39, 0.29) is 5.91 Å². The van der Waals surface area contributed by atoms with E-state index in [1.165, 1.54) is 0 Å². The van der Waals surface area contributed by atoms with Crippen LogP contribution in [0.1, 0.15) is 11.8 Å². The molecule has 0 bridgehead atoms. The first-order valence-electron chi connectivity index (χ1n) is 5.88. The molecule has 1 aromatic carbocycles. The van der Waals surface area contributed by atoms with Crippen molar-refractivity contribution in [2.24, 2.45) is 0 Å². The normalized spacial score (nSPS) is 11.9. The molecule has 1 unspecified atom stereocenters. The van der Waals surface area contributed by atoms with Gasteiger partial charge in [-0.3, -0.25) is 4.79 Å². The highest BCUT2D eigenvalue weighted by Crippen LogP contribution is 2.24. The van der Waals surface area contributed by atoms with Crippen LogP contribution in [0.3, 0.4) is 0 Å². The number of para-hydroxylation sites is 1. The van der Waals surface area contributed by atoms with Gasteiger partial charge in [0.15, 0.2) is 6.10 Å². The zero-order chi connectivity index (χ0) is 13.7. The largest absolute Gasteiger partial charge is 0.479 e. The van der Waals surface area contributed by atoms with E-state index in [9.17, 15) is 4.79 Å². The molecule has 3 nitrogen and oxygen atoms in total. The quantitative estimate of drug-likeness (QED) is 0.917. The molecule has 1 amide bonds. The van der Waals surface area contributed by atoms with Gasteiger partial charge in [-0.2, -0.15) is 0 Å². The van der Waals surface area contributed by atoms with Crippen molar-refractivity contribution in [3.8, 4) is 5.75 Å². The van der Waals surface area contributed by atoms with Gasteiger partial charge in [0.1, 0.15) is 5.75 Å². The van der Waals surface area contributed by atoms with Crippen LogP contribution in [0.2, 0.25) is 5.02 Å². The van der Waals surface area contributed by atoms with Crippen molar-refractivity contribution < 1.29 is 9.53 Å². The molecule has 2 rings (SSSR count). The molecule has 0 radical (unpaired) electrons.